The second-order valence-electron chi connectivity index (χ2n) is 7.18. The van der Waals surface area contributed by atoms with E-state index >= 15 is 0 Å². The molecule has 4 rings (SSSR count). The summed E-state index contributed by atoms with van der Waals surface area (Å²) in [6.07, 6.45) is 0. The van der Waals surface area contributed by atoms with Crippen molar-refractivity contribution in [2.45, 2.75) is 20.5 Å². The van der Waals surface area contributed by atoms with E-state index in [1.165, 1.54) is 0 Å². The third-order valence-corrected chi connectivity index (χ3v) is 5.19. The topological polar surface area (TPSA) is 91.3 Å². The highest BCUT2D eigenvalue weighted by molar-refractivity contribution is 6.05. The zero-order valence-electron chi connectivity index (χ0n) is 17.2. The second-order valence-corrected chi connectivity index (χ2v) is 7.18. The Morgan fingerprint density at radius 2 is 1.87 bits per heavy atom. The van der Waals surface area contributed by atoms with Crippen molar-refractivity contribution in [2.24, 2.45) is 14.1 Å². The number of amides is 1. The second kappa shape index (κ2) is 7.55. The Morgan fingerprint density at radius 3 is 2.60 bits per heavy atom. The lowest BCUT2D eigenvalue weighted by atomic mass is 10.2. The van der Waals surface area contributed by atoms with Gasteiger partial charge >= 0.3 is 5.69 Å². The summed E-state index contributed by atoms with van der Waals surface area (Å²) < 4.78 is 14.1. The summed E-state index contributed by atoms with van der Waals surface area (Å²) in [6.45, 7) is 4.01. The van der Waals surface area contributed by atoms with E-state index in [0.29, 0.717) is 29.4 Å². The zero-order valence-corrected chi connectivity index (χ0v) is 17.2. The first kappa shape index (κ1) is 19.5. The third-order valence-electron chi connectivity index (χ3n) is 5.19. The first-order valence-electron chi connectivity index (χ1n) is 9.46. The van der Waals surface area contributed by atoms with E-state index in [-0.39, 0.29) is 11.6 Å². The lowest BCUT2D eigenvalue weighted by molar-refractivity contribution is 0.102. The molecular formula is C22H22N4O4. The van der Waals surface area contributed by atoms with Crippen molar-refractivity contribution in [3.63, 3.8) is 0 Å². The number of aromatic nitrogens is 3. The minimum Gasteiger partial charge on any atom is -0.489 e. The van der Waals surface area contributed by atoms with Gasteiger partial charge in [-0.1, -0.05) is 11.2 Å². The van der Waals surface area contributed by atoms with Gasteiger partial charge in [0.15, 0.2) is 0 Å². The number of hydrogen-bond donors (Lipinski definition) is 1. The van der Waals surface area contributed by atoms with Crippen molar-refractivity contribution < 1.29 is 14.1 Å². The van der Waals surface area contributed by atoms with Gasteiger partial charge in [0.25, 0.3) is 5.91 Å². The number of nitrogens with one attached hydrogen (secondary N) is 1. The summed E-state index contributed by atoms with van der Waals surface area (Å²) in [4.78, 5) is 24.8. The number of fused-ring (bicyclic) bond motifs is 1. The fourth-order valence-electron chi connectivity index (χ4n) is 3.38. The Morgan fingerprint density at radius 1 is 1.10 bits per heavy atom. The van der Waals surface area contributed by atoms with Gasteiger partial charge in [-0.3, -0.25) is 13.9 Å². The molecule has 8 heteroatoms. The maximum atomic E-state index is 12.7. The molecule has 0 saturated heterocycles. The van der Waals surface area contributed by atoms with Crippen molar-refractivity contribution in [3.05, 3.63) is 75.5 Å². The molecule has 1 amide bonds. The van der Waals surface area contributed by atoms with E-state index in [2.05, 4.69) is 10.5 Å². The number of carbonyl (C=O) groups is 1. The summed E-state index contributed by atoms with van der Waals surface area (Å²) in [5.74, 6) is 1.02. The Hall–Kier alpha value is -3.81. The maximum absolute atomic E-state index is 12.7. The fraction of sp³-hybridized carbons (Fsp3) is 0.227. The van der Waals surface area contributed by atoms with Crippen LogP contribution in [0.4, 0.5) is 5.69 Å². The molecule has 0 aliphatic rings. The monoisotopic (exact) mass is 406 g/mol. The van der Waals surface area contributed by atoms with Gasteiger partial charge < -0.3 is 14.6 Å². The molecule has 0 unspecified atom stereocenters. The highest BCUT2D eigenvalue weighted by Gasteiger charge is 2.13. The van der Waals surface area contributed by atoms with Crippen LogP contribution in [-0.4, -0.2) is 20.2 Å². The third kappa shape index (κ3) is 3.47. The van der Waals surface area contributed by atoms with Crippen molar-refractivity contribution in [2.75, 3.05) is 5.32 Å². The lowest BCUT2D eigenvalue weighted by Gasteiger charge is -2.09. The number of nitrogens with zero attached hydrogens (tertiary/aromatic N) is 3. The largest absolute Gasteiger partial charge is 0.489 e. The molecule has 2 heterocycles. The molecular weight excluding hydrogens is 384 g/mol. The van der Waals surface area contributed by atoms with Gasteiger partial charge in [-0.2, -0.15) is 0 Å². The van der Waals surface area contributed by atoms with E-state index in [0.717, 1.165) is 22.3 Å². The molecule has 0 radical (unpaired) electrons. The Bertz CT molecular complexity index is 1290. The van der Waals surface area contributed by atoms with Crippen LogP contribution >= 0.6 is 0 Å². The minimum absolute atomic E-state index is 0.114. The highest BCUT2D eigenvalue weighted by atomic mass is 16.5. The summed E-state index contributed by atoms with van der Waals surface area (Å²) >= 11 is 0. The van der Waals surface area contributed by atoms with Gasteiger partial charge in [-0.05, 0) is 50.2 Å². The van der Waals surface area contributed by atoms with Crippen LogP contribution in [0.1, 0.15) is 27.4 Å². The first-order valence-corrected chi connectivity index (χ1v) is 9.46. The van der Waals surface area contributed by atoms with Crippen LogP contribution in [-0.2, 0) is 20.7 Å². The number of aryl methyl sites for hydroxylation is 4. The van der Waals surface area contributed by atoms with Crippen LogP contribution in [0, 0.1) is 13.8 Å². The smallest absolute Gasteiger partial charge is 0.328 e. The molecule has 1 N–H and O–H groups in total. The molecule has 8 nitrogen and oxygen atoms in total. The van der Waals surface area contributed by atoms with Crippen molar-refractivity contribution in [1.82, 2.24) is 14.3 Å². The van der Waals surface area contributed by atoms with Crippen LogP contribution in [0.25, 0.3) is 11.0 Å². The molecule has 0 saturated carbocycles. The molecule has 2 aromatic heterocycles. The van der Waals surface area contributed by atoms with E-state index in [4.69, 9.17) is 9.26 Å². The summed E-state index contributed by atoms with van der Waals surface area (Å²) in [5.41, 5.74) is 4.19. The minimum atomic E-state index is -0.266. The molecule has 154 valence electrons. The van der Waals surface area contributed by atoms with Crippen LogP contribution in [0.5, 0.6) is 5.75 Å². The molecule has 0 fully saturated rings. The average Bonchev–Trinajstić information content (AvgIpc) is 3.17. The SMILES string of the molecule is Cc1noc(C)c1COc1cccc(C(=O)Nc2ccc3c(c2)n(C)c(=O)n3C)c1. The lowest BCUT2D eigenvalue weighted by Crippen LogP contribution is -2.19. The number of rotatable bonds is 5. The van der Waals surface area contributed by atoms with Crippen LogP contribution in [0.15, 0.2) is 51.8 Å². The van der Waals surface area contributed by atoms with Gasteiger partial charge in [0, 0.05) is 25.3 Å². The standard InChI is InChI=1S/C22H22N4O4/c1-13-18(14(2)30-24-13)12-29-17-7-5-6-15(10-17)21(27)23-16-8-9-19-20(11-16)26(4)22(28)25(19)3/h5-11H,12H2,1-4H3,(H,23,27). The van der Waals surface area contributed by atoms with Gasteiger partial charge in [-0.25, -0.2) is 4.79 Å². The van der Waals surface area contributed by atoms with Crippen molar-refractivity contribution in [1.29, 1.82) is 0 Å². The summed E-state index contributed by atoms with van der Waals surface area (Å²) in [5, 5.41) is 6.79. The molecule has 4 aromatic rings. The van der Waals surface area contributed by atoms with Gasteiger partial charge in [-0.15, -0.1) is 0 Å². The van der Waals surface area contributed by atoms with Crippen LogP contribution in [0.2, 0.25) is 0 Å². The Labute approximate surface area is 172 Å². The van der Waals surface area contributed by atoms with E-state index < -0.39 is 0 Å². The zero-order chi connectivity index (χ0) is 21.4. The van der Waals surface area contributed by atoms with Crippen molar-refractivity contribution in [3.8, 4) is 5.75 Å². The van der Waals surface area contributed by atoms with E-state index in [1.807, 2.05) is 19.9 Å². The van der Waals surface area contributed by atoms with Gasteiger partial charge in [0.2, 0.25) is 0 Å². The van der Waals surface area contributed by atoms with E-state index in [9.17, 15) is 9.59 Å². The average molecular weight is 406 g/mol. The molecule has 0 atom stereocenters. The number of imidazole rings is 1. The van der Waals surface area contributed by atoms with Crippen molar-refractivity contribution >= 4 is 22.6 Å². The Kier molecular flexibility index (Phi) is 4.91. The Balaban J connectivity index is 1.51. The van der Waals surface area contributed by atoms with Crippen LogP contribution in [0.3, 0.4) is 0 Å². The fourth-order valence-corrected chi connectivity index (χ4v) is 3.38. The number of benzene rings is 2. The predicted molar refractivity (Wildman–Crippen MR) is 113 cm³/mol. The number of ether oxygens (including phenoxy) is 1. The maximum Gasteiger partial charge on any atom is 0.328 e. The molecule has 0 spiro atoms. The molecule has 0 aliphatic carbocycles. The first-order chi connectivity index (χ1) is 14.3. The molecule has 0 bridgehead atoms. The summed E-state index contributed by atoms with van der Waals surface area (Å²) in [7, 11) is 3.42. The highest BCUT2D eigenvalue weighted by Crippen LogP contribution is 2.21. The van der Waals surface area contributed by atoms with Gasteiger partial charge in [0.05, 0.1) is 22.3 Å². The number of anilines is 1. The molecule has 2 aromatic carbocycles. The predicted octanol–water partition coefficient (Wildman–Crippen LogP) is 3.31. The number of hydrogen-bond acceptors (Lipinski definition) is 5. The molecule has 0 aliphatic heterocycles. The molecule has 30 heavy (non-hydrogen) atoms. The number of carbonyl (C=O) groups excluding carboxylic acids is 1. The van der Waals surface area contributed by atoms with Crippen LogP contribution < -0.4 is 15.7 Å². The van der Waals surface area contributed by atoms with E-state index in [1.54, 1.807) is 59.6 Å². The summed E-state index contributed by atoms with van der Waals surface area (Å²) in [6, 6.07) is 12.3. The normalized spacial score (nSPS) is 11.1. The quantitative estimate of drug-likeness (QED) is 0.549. The van der Waals surface area contributed by atoms with Gasteiger partial charge in [0.1, 0.15) is 18.1 Å².